The summed E-state index contributed by atoms with van der Waals surface area (Å²) in [5.74, 6) is 1.15. The number of Topliss-reactive ketones (excluding diaryl/α,β-unsaturated/α-hetero) is 1. The van der Waals surface area contributed by atoms with Gasteiger partial charge in [-0.05, 0) is 63.2 Å². The van der Waals surface area contributed by atoms with Gasteiger partial charge in [0, 0.05) is 17.3 Å². The molecular formula is C22H31FO4. The van der Waals surface area contributed by atoms with Crippen molar-refractivity contribution in [2.45, 2.75) is 94.7 Å². The van der Waals surface area contributed by atoms with Gasteiger partial charge < -0.3 is 14.6 Å². The van der Waals surface area contributed by atoms with Crippen LogP contribution in [-0.2, 0) is 14.3 Å². The molecular weight excluding hydrogens is 347 g/mol. The smallest absolute Gasteiger partial charge is 0.199 e. The summed E-state index contributed by atoms with van der Waals surface area (Å²) in [7, 11) is 0. The van der Waals surface area contributed by atoms with E-state index in [1.807, 2.05) is 6.92 Å². The van der Waals surface area contributed by atoms with Gasteiger partial charge in [0.05, 0.1) is 12.2 Å². The summed E-state index contributed by atoms with van der Waals surface area (Å²) in [5, 5.41) is 10.3. The maximum Gasteiger partial charge on any atom is 0.199 e. The van der Waals surface area contributed by atoms with Crippen molar-refractivity contribution < 1.29 is 23.8 Å². The number of hydrogen-bond donors (Lipinski definition) is 1. The zero-order valence-corrected chi connectivity index (χ0v) is 16.6. The third-order valence-electron chi connectivity index (χ3n) is 10.5. The van der Waals surface area contributed by atoms with Crippen molar-refractivity contribution in [3.63, 3.8) is 0 Å². The minimum atomic E-state index is -0.920. The van der Waals surface area contributed by atoms with Crippen molar-refractivity contribution in [2.75, 3.05) is 6.67 Å². The van der Waals surface area contributed by atoms with E-state index in [9.17, 15) is 14.3 Å². The summed E-state index contributed by atoms with van der Waals surface area (Å²) < 4.78 is 25.9. The Kier molecular flexibility index (Phi) is 2.97. The maximum atomic E-state index is 13.5. The molecule has 2 unspecified atom stereocenters. The molecule has 2 heterocycles. The number of alkyl halides is 1. The summed E-state index contributed by atoms with van der Waals surface area (Å²) in [6.07, 6.45) is 6.58. The monoisotopic (exact) mass is 378 g/mol. The van der Waals surface area contributed by atoms with Gasteiger partial charge in [-0.1, -0.05) is 13.8 Å². The first-order chi connectivity index (χ1) is 12.7. The Hall–Kier alpha value is -0.520. The molecule has 10 atom stereocenters. The zero-order valence-electron chi connectivity index (χ0n) is 16.6. The molecule has 150 valence electrons. The standard InChI is InChI=1S/C22H31FO4/c1-18-6-4-12(24)9-21(18)17(26-21)8-13-14(18)5-7-19(2)15(13)10-20(3)22(19,27-20)16(25)11-23/h12-15,17,24H,4-11H2,1-3H3/t12-,13+,14-,15-,17?,18+,19-,20+,21?,22-/m0/s1. The van der Waals surface area contributed by atoms with E-state index in [-0.39, 0.29) is 34.4 Å². The van der Waals surface area contributed by atoms with Gasteiger partial charge in [-0.2, -0.15) is 0 Å². The van der Waals surface area contributed by atoms with Crippen molar-refractivity contribution in [3.8, 4) is 0 Å². The Morgan fingerprint density at radius 3 is 2.59 bits per heavy atom. The summed E-state index contributed by atoms with van der Waals surface area (Å²) in [6, 6.07) is 0. The first kappa shape index (κ1) is 17.3. The topological polar surface area (TPSA) is 62.4 Å². The average Bonchev–Trinajstić information content (AvgIpc) is 3.47. The average molecular weight is 378 g/mol. The molecule has 4 saturated carbocycles. The van der Waals surface area contributed by atoms with Crippen molar-refractivity contribution >= 4 is 5.78 Å². The van der Waals surface area contributed by atoms with Crippen LogP contribution in [0.4, 0.5) is 4.39 Å². The predicted molar refractivity (Wildman–Crippen MR) is 95.8 cm³/mol. The van der Waals surface area contributed by atoms with Gasteiger partial charge in [0.15, 0.2) is 18.1 Å². The van der Waals surface area contributed by atoms with Crippen LogP contribution in [0.25, 0.3) is 0 Å². The van der Waals surface area contributed by atoms with E-state index in [0.29, 0.717) is 17.8 Å². The number of ketones is 1. The highest BCUT2D eigenvalue weighted by atomic mass is 19.1. The number of aliphatic hydroxyl groups excluding tert-OH is 1. The molecule has 0 aromatic heterocycles. The van der Waals surface area contributed by atoms with E-state index < -0.39 is 17.9 Å². The van der Waals surface area contributed by atoms with E-state index in [1.54, 1.807) is 0 Å². The Bertz CT molecular complexity index is 742. The summed E-state index contributed by atoms with van der Waals surface area (Å²) in [5.41, 5.74) is -1.63. The lowest BCUT2D eigenvalue weighted by molar-refractivity contribution is -0.147. The number of halogens is 1. The van der Waals surface area contributed by atoms with Gasteiger partial charge >= 0.3 is 0 Å². The molecule has 6 rings (SSSR count). The SMILES string of the molecule is C[C@@]12C[C@H]3[C@@H]4CC5OC56C[C@@H](O)CC[C@]6(C)[C@H]4CC[C@]3(C)[C@]1(C(=O)CF)O2. The number of carbonyl (C=O) groups excluding carboxylic acids is 1. The molecule has 0 aromatic rings. The Balaban J connectivity index is 1.39. The molecule has 4 aliphatic carbocycles. The van der Waals surface area contributed by atoms with Crippen LogP contribution >= 0.6 is 0 Å². The van der Waals surface area contributed by atoms with Crippen LogP contribution < -0.4 is 0 Å². The van der Waals surface area contributed by atoms with Crippen molar-refractivity contribution in [2.24, 2.45) is 28.6 Å². The lowest BCUT2D eigenvalue weighted by atomic mass is 9.44. The summed E-state index contributed by atoms with van der Waals surface area (Å²) in [4.78, 5) is 12.6. The van der Waals surface area contributed by atoms with Crippen LogP contribution in [0.1, 0.15) is 65.7 Å². The van der Waals surface area contributed by atoms with Crippen LogP contribution in [0.3, 0.4) is 0 Å². The highest BCUT2D eigenvalue weighted by Crippen LogP contribution is 2.80. The van der Waals surface area contributed by atoms with Crippen LogP contribution in [0.15, 0.2) is 0 Å². The largest absolute Gasteiger partial charge is 0.393 e. The van der Waals surface area contributed by atoms with E-state index in [2.05, 4.69) is 13.8 Å². The van der Waals surface area contributed by atoms with Crippen molar-refractivity contribution in [1.82, 2.24) is 0 Å². The highest BCUT2D eigenvalue weighted by molar-refractivity contribution is 5.94. The number of aliphatic hydroxyl groups is 1. The van der Waals surface area contributed by atoms with Gasteiger partial charge in [-0.3, -0.25) is 4.79 Å². The molecule has 2 saturated heterocycles. The second kappa shape index (κ2) is 4.62. The van der Waals surface area contributed by atoms with Gasteiger partial charge in [0.25, 0.3) is 0 Å². The van der Waals surface area contributed by atoms with E-state index in [4.69, 9.17) is 9.47 Å². The number of rotatable bonds is 2. The second-order valence-corrected chi connectivity index (χ2v) is 11.2. The Morgan fingerprint density at radius 2 is 1.85 bits per heavy atom. The number of hydrogen-bond acceptors (Lipinski definition) is 4. The molecule has 27 heavy (non-hydrogen) atoms. The fourth-order valence-corrected chi connectivity index (χ4v) is 9.19. The predicted octanol–water partition coefficient (Wildman–Crippen LogP) is 3.20. The number of ether oxygens (including phenoxy) is 2. The first-order valence-electron chi connectivity index (χ1n) is 10.8. The molecule has 1 N–H and O–H groups in total. The number of fused-ring (bicyclic) bond motifs is 6. The lowest BCUT2D eigenvalue weighted by Gasteiger charge is -2.59. The van der Waals surface area contributed by atoms with E-state index in [0.717, 1.165) is 44.9 Å². The minimum Gasteiger partial charge on any atom is -0.393 e. The normalized spacial score (nSPS) is 65.3. The zero-order chi connectivity index (χ0) is 19.0. The van der Waals surface area contributed by atoms with Gasteiger partial charge in [0.1, 0.15) is 11.2 Å². The van der Waals surface area contributed by atoms with Crippen LogP contribution in [0.5, 0.6) is 0 Å². The van der Waals surface area contributed by atoms with E-state index in [1.165, 1.54) is 0 Å². The first-order valence-corrected chi connectivity index (χ1v) is 10.8. The van der Waals surface area contributed by atoms with E-state index >= 15 is 0 Å². The molecule has 4 nitrogen and oxygen atoms in total. The molecule has 1 spiro atoms. The lowest BCUT2D eigenvalue weighted by Crippen LogP contribution is -2.60. The molecule has 5 heteroatoms. The summed E-state index contributed by atoms with van der Waals surface area (Å²) in [6.45, 7) is 5.70. The Labute approximate surface area is 160 Å². The fraction of sp³-hybridized carbons (Fsp3) is 0.955. The second-order valence-electron chi connectivity index (χ2n) is 11.2. The fourth-order valence-electron chi connectivity index (χ4n) is 9.19. The van der Waals surface area contributed by atoms with Crippen LogP contribution in [-0.4, -0.2) is 46.6 Å². The summed E-state index contributed by atoms with van der Waals surface area (Å²) >= 11 is 0. The van der Waals surface area contributed by atoms with Crippen LogP contribution in [0, 0.1) is 28.6 Å². The molecule has 0 bridgehead atoms. The molecule has 0 aromatic carbocycles. The number of epoxide rings is 2. The number of carbonyl (C=O) groups is 1. The van der Waals surface area contributed by atoms with Gasteiger partial charge in [-0.25, -0.2) is 4.39 Å². The highest BCUT2D eigenvalue weighted by Gasteiger charge is 2.87. The molecule has 6 fully saturated rings. The quantitative estimate of drug-likeness (QED) is 0.750. The Morgan fingerprint density at radius 1 is 1.11 bits per heavy atom. The third-order valence-corrected chi connectivity index (χ3v) is 10.5. The van der Waals surface area contributed by atoms with Crippen LogP contribution in [0.2, 0.25) is 0 Å². The van der Waals surface area contributed by atoms with Gasteiger partial charge in [-0.15, -0.1) is 0 Å². The van der Waals surface area contributed by atoms with Crippen molar-refractivity contribution in [3.05, 3.63) is 0 Å². The molecule has 0 amide bonds. The minimum absolute atomic E-state index is 0.117. The molecule has 6 aliphatic rings. The van der Waals surface area contributed by atoms with Crippen molar-refractivity contribution in [1.29, 1.82) is 0 Å². The third kappa shape index (κ3) is 1.61. The molecule has 0 radical (unpaired) electrons. The maximum absolute atomic E-state index is 13.5. The molecule has 2 aliphatic heterocycles. The van der Waals surface area contributed by atoms with Gasteiger partial charge in [0.2, 0.25) is 0 Å².